The highest BCUT2D eigenvalue weighted by Gasteiger charge is 2.17. The van der Waals surface area contributed by atoms with Gasteiger partial charge in [0.2, 0.25) is 0 Å². The lowest BCUT2D eigenvalue weighted by Crippen LogP contribution is -2.12. The highest BCUT2D eigenvalue weighted by molar-refractivity contribution is 5.66. The Hall–Kier alpha value is -1.31. The molecule has 2 heteroatoms. The summed E-state index contributed by atoms with van der Waals surface area (Å²) in [5, 5.41) is 8.70. The second-order valence-corrected chi connectivity index (χ2v) is 6.51. The van der Waals surface area contributed by atoms with Crippen molar-refractivity contribution in [3.63, 3.8) is 0 Å². The van der Waals surface area contributed by atoms with Crippen LogP contribution in [0.5, 0.6) is 0 Å². The third-order valence-corrected chi connectivity index (χ3v) is 3.70. The van der Waals surface area contributed by atoms with Crippen molar-refractivity contribution < 1.29 is 9.90 Å². The van der Waals surface area contributed by atoms with Crippen LogP contribution < -0.4 is 0 Å². The minimum atomic E-state index is -0.702. The van der Waals surface area contributed by atoms with Gasteiger partial charge in [0.05, 0.1) is 0 Å². The SMILES string of the molecule is Cc1ccc(C(C)(C)C)cc1C(C)CCCC(=O)O. The van der Waals surface area contributed by atoms with E-state index in [9.17, 15) is 4.79 Å². The Labute approximate surface area is 116 Å². The van der Waals surface area contributed by atoms with Gasteiger partial charge in [-0.05, 0) is 47.8 Å². The summed E-state index contributed by atoms with van der Waals surface area (Å²) in [6, 6.07) is 6.67. The molecule has 106 valence electrons. The van der Waals surface area contributed by atoms with Crippen molar-refractivity contribution in [2.45, 2.75) is 65.2 Å². The summed E-state index contributed by atoms with van der Waals surface area (Å²) in [5.74, 6) is -0.283. The van der Waals surface area contributed by atoms with Crippen molar-refractivity contribution in [2.24, 2.45) is 0 Å². The van der Waals surface area contributed by atoms with Gasteiger partial charge in [-0.15, -0.1) is 0 Å². The van der Waals surface area contributed by atoms with E-state index in [4.69, 9.17) is 5.11 Å². The average Bonchev–Trinajstić information content (AvgIpc) is 2.27. The Kier molecular flexibility index (Phi) is 5.16. The second kappa shape index (κ2) is 6.23. The van der Waals surface area contributed by atoms with Gasteiger partial charge in [-0.3, -0.25) is 4.79 Å². The van der Waals surface area contributed by atoms with Gasteiger partial charge in [0, 0.05) is 6.42 Å². The molecule has 2 nitrogen and oxygen atoms in total. The van der Waals surface area contributed by atoms with Crippen LogP contribution in [-0.2, 0) is 10.2 Å². The number of hydrogen-bond acceptors (Lipinski definition) is 1. The quantitative estimate of drug-likeness (QED) is 0.838. The zero-order chi connectivity index (χ0) is 14.6. The molecule has 0 aliphatic carbocycles. The summed E-state index contributed by atoms with van der Waals surface area (Å²) in [6.07, 6.45) is 1.94. The maximum absolute atomic E-state index is 10.6. The molecule has 0 heterocycles. The fourth-order valence-corrected chi connectivity index (χ4v) is 2.35. The second-order valence-electron chi connectivity index (χ2n) is 6.51. The minimum Gasteiger partial charge on any atom is -0.481 e. The van der Waals surface area contributed by atoms with Crippen LogP contribution in [0.15, 0.2) is 18.2 Å². The third kappa shape index (κ3) is 4.70. The summed E-state index contributed by atoms with van der Waals surface area (Å²) in [6.45, 7) is 11.0. The molecule has 0 spiro atoms. The van der Waals surface area contributed by atoms with Crippen molar-refractivity contribution in [1.29, 1.82) is 0 Å². The number of carboxylic acid groups (broad SMARTS) is 1. The average molecular weight is 262 g/mol. The molecule has 1 rings (SSSR count). The van der Waals surface area contributed by atoms with E-state index >= 15 is 0 Å². The molecule has 19 heavy (non-hydrogen) atoms. The topological polar surface area (TPSA) is 37.3 Å². The van der Waals surface area contributed by atoms with E-state index in [1.165, 1.54) is 16.7 Å². The Balaban J connectivity index is 2.83. The van der Waals surface area contributed by atoms with Gasteiger partial charge in [0.1, 0.15) is 0 Å². The van der Waals surface area contributed by atoms with E-state index in [-0.39, 0.29) is 11.8 Å². The smallest absolute Gasteiger partial charge is 0.303 e. The molecule has 0 amide bonds. The van der Waals surface area contributed by atoms with Crippen LogP contribution in [0, 0.1) is 6.92 Å². The summed E-state index contributed by atoms with van der Waals surface area (Å²) in [5.41, 5.74) is 4.16. The van der Waals surface area contributed by atoms with Crippen molar-refractivity contribution >= 4 is 5.97 Å². The van der Waals surface area contributed by atoms with E-state index in [1.54, 1.807) is 0 Å². The fraction of sp³-hybridized carbons (Fsp3) is 0.588. The minimum absolute atomic E-state index is 0.156. The lowest BCUT2D eigenvalue weighted by molar-refractivity contribution is -0.137. The zero-order valence-corrected chi connectivity index (χ0v) is 12.8. The van der Waals surface area contributed by atoms with E-state index in [0.717, 1.165) is 12.8 Å². The third-order valence-electron chi connectivity index (χ3n) is 3.70. The molecule has 0 radical (unpaired) electrons. The van der Waals surface area contributed by atoms with Crippen molar-refractivity contribution in [3.8, 4) is 0 Å². The number of benzene rings is 1. The molecular weight excluding hydrogens is 236 g/mol. The lowest BCUT2D eigenvalue weighted by Gasteiger charge is -2.23. The molecule has 0 aromatic heterocycles. The molecule has 0 aliphatic heterocycles. The van der Waals surface area contributed by atoms with E-state index in [1.807, 2.05) is 0 Å². The molecule has 0 aliphatic rings. The Morgan fingerprint density at radius 2 is 1.95 bits per heavy atom. The molecule has 0 saturated carbocycles. The number of hydrogen-bond donors (Lipinski definition) is 1. The monoisotopic (exact) mass is 262 g/mol. The normalized spacial score (nSPS) is 13.3. The van der Waals surface area contributed by atoms with Crippen LogP contribution in [0.4, 0.5) is 0 Å². The van der Waals surface area contributed by atoms with Gasteiger partial charge in [0.15, 0.2) is 0 Å². The molecule has 1 aromatic rings. The molecule has 1 N–H and O–H groups in total. The van der Waals surface area contributed by atoms with Crippen LogP contribution in [-0.4, -0.2) is 11.1 Å². The van der Waals surface area contributed by atoms with Crippen molar-refractivity contribution in [1.82, 2.24) is 0 Å². The first-order valence-corrected chi connectivity index (χ1v) is 7.04. The lowest BCUT2D eigenvalue weighted by atomic mass is 9.82. The Bertz CT molecular complexity index is 441. The summed E-state index contributed by atoms with van der Waals surface area (Å²) in [7, 11) is 0. The van der Waals surface area contributed by atoms with Gasteiger partial charge in [-0.25, -0.2) is 0 Å². The maximum Gasteiger partial charge on any atom is 0.303 e. The van der Waals surface area contributed by atoms with E-state index in [0.29, 0.717) is 5.92 Å². The Morgan fingerprint density at radius 1 is 1.32 bits per heavy atom. The van der Waals surface area contributed by atoms with Crippen LogP contribution in [0.1, 0.15) is 69.6 Å². The van der Waals surface area contributed by atoms with Crippen LogP contribution in [0.3, 0.4) is 0 Å². The van der Waals surface area contributed by atoms with Crippen LogP contribution in [0.2, 0.25) is 0 Å². The largest absolute Gasteiger partial charge is 0.481 e. The summed E-state index contributed by atoms with van der Waals surface area (Å²) in [4.78, 5) is 10.6. The first kappa shape index (κ1) is 15.7. The molecule has 1 atom stereocenters. The first-order valence-electron chi connectivity index (χ1n) is 7.04. The van der Waals surface area contributed by atoms with Gasteiger partial charge < -0.3 is 5.11 Å². The molecule has 0 bridgehead atoms. The van der Waals surface area contributed by atoms with Gasteiger partial charge in [-0.1, -0.05) is 45.9 Å². The van der Waals surface area contributed by atoms with Gasteiger partial charge >= 0.3 is 5.97 Å². The predicted molar refractivity (Wildman–Crippen MR) is 79.8 cm³/mol. The number of carbonyl (C=O) groups is 1. The van der Waals surface area contributed by atoms with E-state index in [2.05, 4.69) is 52.8 Å². The number of carboxylic acids is 1. The number of rotatable bonds is 5. The predicted octanol–water partition coefficient (Wildman–Crippen LogP) is 4.65. The standard InChI is InChI=1S/C17H26O2/c1-12(7-6-8-16(18)19)15-11-14(17(3,4)5)10-9-13(15)2/h9-12H,6-8H2,1-5H3,(H,18,19). The molecule has 1 aromatic carbocycles. The zero-order valence-electron chi connectivity index (χ0n) is 12.8. The Morgan fingerprint density at radius 3 is 2.47 bits per heavy atom. The van der Waals surface area contributed by atoms with Crippen molar-refractivity contribution in [3.05, 3.63) is 34.9 Å². The molecule has 0 fully saturated rings. The fourth-order valence-electron chi connectivity index (χ4n) is 2.35. The van der Waals surface area contributed by atoms with E-state index < -0.39 is 5.97 Å². The first-order chi connectivity index (χ1) is 8.71. The number of aryl methyl sites for hydroxylation is 1. The molecular formula is C17H26O2. The highest BCUT2D eigenvalue weighted by atomic mass is 16.4. The maximum atomic E-state index is 10.6. The summed E-state index contributed by atoms with van der Waals surface area (Å²) < 4.78 is 0. The van der Waals surface area contributed by atoms with Gasteiger partial charge in [-0.2, -0.15) is 0 Å². The van der Waals surface area contributed by atoms with Crippen molar-refractivity contribution in [2.75, 3.05) is 0 Å². The van der Waals surface area contributed by atoms with Crippen LogP contribution >= 0.6 is 0 Å². The van der Waals surface area contributed by atoms with Crippen LogP contribution in [0.25, 0.3) is 0 Å². The van der Waals surface area contributed by atoms with Gasteiger partial charge in [0.25, 0.3) is 0 Å². The highest BCUT2D eigenvalue weighted by Crippen LogP contribution is 2.30. The molecule has 1 unspecified atom stereocenters. The molecule has 0 saturated heterocycles. The number of aliphatic carboxylic acids is 1. The summed E-state index contributed by atoms with van der Waals surface area (Å²) >= 11 is 0.